The first-order chi connectivity index (χ1) is 5.27. The third-order valence-corrected chi connectivity index (χ3v) is 2.61. The zero-order valence-corrected chi connectivity index (χ0v) is 8.38. The molecule has 0 aromatic carbocycles. The van der Waals surface area contributed by atoms with Crippen LogP contribution in [-0.2, 0) is 4.79 Å². The number of unbranched alkanes of at least 4 members (excludes halogenated alkanes) is 1. The lowest BCUT2D eigenvalue weighted by Gasteiger charge is -1.97. The molecule has 66 valence electrons. The predicted octanol–water partition coefficient (Wildman–Crippen LogP) is 2.89. The van der Waals surface area contributed by atoms with Gasteiger partial charge >= 0.3 is 0 Å². The van der Waals surface area contributed by atoms with Crippen LogP contribution in [0.25, 0.3) is 0 Å². The number of carbonyl (C=O) groups is 1. The van der Waals surface area contributed by atoms with Crippen molar-refractivity contribution in [2.75, 3.05) is 11.5 Å². The first-order valence-electron chi connectivity index (χ1n) is 4.34. The fourth-order valence-electron chi connectivity index (χ4n) is 0.772. The maximum absolute atomic E-state index is 10.5. The van der Waals surface area contributed by atoms with Crippen LogP contribution in [0.15, 0.2) is 0 Å². The molecule has 1 nitrogen and oxygen atoms in total. The fraction of sp³-hybridized carbons (Fsp3) is 0.889. The molecule has 11 heavy (non-hydrogen) atoms. The lowest BCUT2D eigenvalue weighted by atomic mass is 10.3. The number of rotatable bonds is 7. The van der Waals surface area contributed by atoms with E-state index in [-0.39, 0.29) is 0 Å². The molecule has 0 aromatic rings. The van der Waals surface area contributed by atoms with E-state index in [1.807, 2.05) is 11.8 Å². The lowest BCUT2D eigenvalue weighted by Crippen LogP contribution is -1.91. The Kier molecular flexibility index (Phi) is 8.13. The van der Waals surface area contributed by atoms with E-state index >= 15 is 0 Å². The van der Waals surface area contributed by atoms with Crippen LogP contribution in [0.5, 0.6) is 0 Å². The van der Waals surface area contributed by atoms with Crippen molar-refractivity contribution in [3.8, 4) is 0 Å². The molecule has 0 aliphatic carbocycles. The van der Waals surface area contributed by atoms with E-state index in [0.29, 0.717) is 5.78 Å². The van der Waals surface area contributed by atoms with Gasteiger partial charge in [-0.3, -0.25) is 0 Å². The van der Waals surface area contributed by atoms with Gasteiger partial charge in [-0.25, -0.2) is 0 Å². The number of carbonyl (C=O) groups excluding carboxylic acids is 1. The van der Waals surface area contributed by atoms with E-state index < -0.39 is 0 Å². The van der Waals surface area contributed by atoms with Gasteiger partial charge in [0.1, 0.15) is 5.78 Å². The van der Waals surface area contributed by atoms with E-state index in [9.17, 15) is 4.79 Å². The van der Waals surface area contributed by atoms with Crippen LogP contribution in [0, 0.1) is 0 Å². The molecule has 0 saturated carbocycles. The Balaban J connectivity index is 2.85. The molecule has 0 fully saturated rings. The van der Waals surface area contributed by atoms with E-state index in [4.69, 9.17) is 0 Å². The van der Waals surface area contributed by atoms with Gasteiger partial charge < -0.3 is 4.79 Å². The molecule has 0 unspecified atom stereocenters. The summed E-state index contributed by atoms with van der Waals surface area (Å²) in [6, 6.07) is 0. The minimum Gasteiger partial charge on any atom is -0.300 e. The summed E-state index contributed by atoms with van der Waals surface area (Å²) >= 11 is 1.97. The molecule has 2 heteroatoms. The summed E-state index contributed by atoms with van der Waals surface area (Å²) in [5, 5.41) is 0. The second-order valence-corrected chi connectivity index (χ2v) is 4.00. The average molecular weight is 174 g/mol. The van der Waals surface area contributed by atoms with Crippen molar-refractivity contribution in [3.05, 3.63) is 0 Å². The number of ketones is 1. The van der Waals surface area contributed by atoms with Crippen LogP contribution in [0.2, 0.25) is 0 Å². The van der Waals surface area contributed by atoms with Crippen molar-refractivity contribution >= 4 is 17.5 Å². The molecule has 0 bridgehead atoms. The van der Waals surface area contributed by atoms with Gasteiger partial charge in [0.25, 0.3) is 0 Å². The van der Waals surface area contributed by atoms with Crippen molar-refractivity contribution in [2.45, 2.75) is 39.5 Å². The van der Waals surface area contributed by atoms with Gasteiger partial charge in [-0.1, -0.05) is 13.3 Å². The zero-order valence-electron chi connectivity index (χ0n) is 7.56. The summed E-state index contributed by atoms with van der Waals surface area (Å²) in [7, 11) is 0. The van der Waals surface area contributed by atoms with Gasteiger partial charge in [-0.2, -0.15) is 11.8 Å². The molecule has 0 spiro atoms. The highest BCUT2D eigenvalue weighted by Crippen LogP contribution is 2.07. The van der Waals surface area contributed by atoms with Gasteiger partial charge in [0.2, 0.25) is 0 Å². The molecule has 0 saturated heterocycles. The summed E-state index contributed by atoms with van der Waals surface area (Å²) in [6.45, 7) is 3.87. The average Bonchev–Trinajstić information content (AvgIpc) is 1.96. The Hall–Kier alpha value is 0.0200. The van der Waals surface area contributed by atoms with Crippen LogP contribution in [0.4, 0.5) is 0 Å². The molecule has 0 radical (unpaired) electrons. The minimum absolute atomic E-state index is 0.320. The van der Waals surface area contributed by atoms with Gasteiger partial charge in [0.05, 0.1) is 0 Å². The molecular formula is C9H18OS. The second kappa shape index (κ2) is 8.12. The van der Waals surface area contributed by atoms with E-state index in [0.717, 1.165) is 18.6 Å². The predicted molar refractivity (Wildman–Crippen MR) is 52.1 cm³/mol. The molecule has 0 heterocycles. The number of hydrogen-bond donors (Lipinski definition) is 0. The number of Topliss-reactive ketones (excluding diaryl/α,β-unsaturated/α-hetero) is 1. The van der Waals surface area contributed by atoms with E-state index in [2.05, 4.69) is 6.92 Å². The van der Waals surface area contributed by atoms with E-state index in [1.165, 1.54) is 18.6 Å². The van der Waals surface area contributed by atoms with Gasteiger partial charge in [0, 0.05) is 6.42 Å². The van der Waals surface area contributed by atoms with Crippen molar-refractivity contribution in [3.63, 3.8) is 0 Å². The van der Waals surface area contributed by atoms with Crippen molar-refractivity contribution in [1.82, 2.24) is 0 Å². The van der Waals surface area contributed by atoms with Crippen molar-refractivity contribution in [1.29, 1.82) is 0 Å². The Bertz CT molecular complexity index is 102. The molecule has 0 rings (SSSR count). The van der Waals surface area contributed by atoms with Crippen LogP contribution < -0.4 is 0 Å². The standard InChI is InChI=1S/C9H18OS/c1-3-4-7-11-8-5-6-9(2)10/h3-8H2,1-2H3. The molecule has 0 amide bonds. The molecule has 0 aliphatic heterocycles. The van der Waals surface area contributed by atoms with Gasteiger partial charge in [-0.05, 0) is 31.3 Å². The fourth-order valence-corrected chi connectivity index (χ4v) is 1.82. The Morgan fingerprint density at radius 3 is 2.45 bits per heavy atom. The highest BCUT2D eigenvalue weighted by molar-refractivity contribution is 7.99. The minimum atomic E-state index is 0.320. The van der Waals surface area contributed by atoms with Gasteiger partial charge in [-0.15, -0.1) is 0 Å². The van der Waals surface area contributed by atoms with Crippen LogP contribution >= 0.6 is 11.8 Å². The molecule has 0 aromatic heterocycles. The normalized spacial score (nSPS) is 10.0. The Labute approximate surface area is 73.9 Å². The smallest absolute Gasteiger partial charge is 0.129 e. The summed E-state index contributed by atoms with van der Waals surface area (Å²) < 4.78 is 0. The highest BCUT2D eigenvalue weighted by atomic mass is 32.2. The third kappa shape index (κ3) is 10.0. The third-order valence-electron chi connectivity index (χ3n) is 1.46. The summed E-state index contributed by atoms with van der Waals surface area (Å²) in [5.41, 5.74) is 0. The van der Waals surface area contributed by atoms with Gasteiger partial charge in [0.15, 0.2) is 0 Å². The van der Waals surface area contributed by atoms with Crippen molar-refractivity contribution in [2.24, 2.45) is 0 Å². The van der Waals surface area contributed by atoms with Crippen molar-refractivity contribution < 1.29 is 4.79 Å². The maximum Gasteiger partial charge on any atom is 0.129 e. The zero-order chi connectivity index (χ0) is 8.53. The quantitative estimate of drug-likeness (QED) is 0.552. The largest absolute Gasteiger partial charge is 0.300 e. The summed E-state index contributed by atoms with van der Waals surface area (Å²) in [4.78, 5) is 10.5. The second-order valence-electron chi connectivity index (χ2n) is 2.77. The molecular weight excluding hydrogens is 156 g/mol. The lowest BCUT2D eigenvalue weighted by molar-refractivity contribution is -0.117. The van der Waals surface area contributed by atoms with Crippen LogP contribution in [0.1, 0.15) is 39.5 Å². The maximum atomic E-state index is 10.5. The topological polar surface area (TPSA) is 17.1 Å². The van der Waals surface area contributed by atoms with E-state index in [1.54, 1.807) is 6.92 Å². The summed E-state index contributed by atoms with van der Waals surface area (Å²) in [6.07, 6.45) is 4.41. The number of hydrogen-bond acceptors (Lipinski definition) is 2. The summed E-state index contributed by atoms with van der Waals surface area (Å²) in [5.74, 6) is 2.73. The first-order valence-corrected chi connectivity index (χ1v) is 5.50. The van der Waals surface area contributed by atoms with Crippen LogP contribution in [0.3, 0.4) is 0 Å². The highest BCUT2D eigenvalue weighted by Gasteiger charge is 1.93. The molecule has 0 atom stereocenters. The Morgan fingerprint density at radius 1 is 1.27 bits per heavy atom. The molecule has 0 aliphatic rings. The monoisotopic (exact) mass is 174 g/mol. The SMILES string of the molecule is CCCCSCCCC(C)=O. The number of thioether (sulfide) groups is 1. The first kappa shape index (κ1) is 11.0. The van der Waals surface area contributed by atoms with Crippen LogP contribution in [-0.4, -0.2) is 17.3 Å². The molecule has 0 N–H and O–H groups in total. The Morgan fingerprint density at radius 2 is 1.91 bits per heavy atom.